The van der Waals surface area contributed by atoms with E-state index in [0.29, 0.717) is 17.9 Å². The zero-order chi connectivity index (χ0) is 14.7. The predicted octanol–water partition coefficient (Wildman–Crippen LogP) is 2.80. The number of para-hydroxylation sites is 1. The molecule has 21 heavy (non-hydrogen) atoms. The Morgan fingerprint density at radius 2 is 2.10 bits per heavy atom. The van der Waals surface area contributed by atoms with Crippen LogP contribution in [0.5, 0.6) is 0 Å². The third kappa shape index (κ3) is 2.72. The molecular formula is C16H15N3O2. The van der Waals surface area contributed by atoms with Crippen molar-refractivity contribution in [3.63, 3.8) is 0 Å². The average Bonchev–Trinajstić information content (AvgIpc) is 3.05. The van der Waals surface area contributed by atoms with Gasteiger partial charge < -0.3 is 15.1 Å². The molecule has 3 aromatic rings. The number of carbonyl (C=O) groups is 1. The molecule has 1 amide bonds. The molecule has 0 radical (unpaired) electrons. The van der Waals surface area contributed by atoms with Gasteiger partial charge in [0.15, 0.2) is 0 Å². The fraction of sp³-hybridized carbons (Fsp3) is 0.125. The van der Waals surface area contributed by atoms with Gasteiger partial charge in [0.1, 0.15) is 11.6 Å². The number of carbonyl (C=O) groups excluding carboxylic acids is 1. The summed E-state index contributed by atoms with van der Waals surface area (Å²) in [5.74, 6) is 1.23. The number of fused-ring (bicyclic) bond motifs is 1. The number of anilines is 1. The van der Waals surface area contributed by atoms with Gasteiger partial charge in [0, 0.05) is 12.4 Å². The Hall–Kier alpha value is -2.82. The van der Waals surface area contributed by atoms with Gasteiger partial charge in [0.2, 0.25) is 0 Å². The minimum Gasteiger partial charge on any atom is -0.467 e. The summed E-state index contributed by atoms with van der Waals surface area (Å²) in [6.07, 6.45) is 1.59. The van der Waals surface area contributed by atoms with Crippen molar-refractivity contribution < 1.29 is 9.21 Å². The molecule has 0 bridgehead atoms. The Balaban J connectivity index is 1.92. The molecule has 0 spiro atoms. The van der Waals surface area contributed by atoms with E-state index in [2.05, 4.69) is 15.6 Å². The Bertz CT molecular complexity index is 766. The smallest absolute Gasteiger partial charge is 0.252 e. The van der Waals surface area contributed by atoms with Crippen LogP contribution in [0.4, 0.5) is 5.82 Å². The lowest BCUT2D eigenvalue weighted by molar-refractivity contribution is 0.0949. The topological polar surface area (TPSA) is 67.2 Å². The molecule has 0 aliphatic rings. The Morgan fingerprint density at radius 3 is 2.86 bits per heavy atom. The number of furan rings is 1. The van der Waals surface area contributed by atoms with Gasteiger partial charge in [-0.2, -0.15) is 0 Å². The van der Waals surface area contributed by atoms with Gasteiger partial charge in [-0.05, 0) is 24.3 Å². The van der Waals surface area contributed by atoms with Crippen LogP contribution >= 0.6 is 0 Å². The van der Waals surface area contributed by atoms with E-state index in [-0.39, 0.29) is 5.91 Å². The molecule has 2 aromatic heterocycles. The fourth-order valence-corrected chi connectivity index (χ4v) is 2.17. The quantitative estimate of drug-likeness (QED) is 0.771. The van der Waals surface area contributed by atoms with Crippen LogP contribution in [0.1, 0.15) is 16.1 Å². The number of aromatic nitrogens is 1. The second-order valence-electron chi connectivity index (χ2n) is 4.58. The Kier molecular flexibility index (Phi) is 3.55. The normalized spacial score (nSPS) is 10.5. The molecule has 0 aliphatic carbocycles. The van der Waals surface area contributed by atoms with Crippen molar-refractivity contribution in [3.05, 3.63) is 60.1 Å². The maximum absolute atomic E-state index is 12.4. The van der Waals surface area contributed by atoms with Crippen LogP contribution in [0.3, 0.4) is 0 Å². The molecule has 106 valence electrons. The van der Waals surface area contributed by atoms with E-state index < -0.39 is 0 Å². The minimum absolute atomic E-state index is 0.151. The highest BCUT2D eigenvalue weighted by Gasteiger charge is 2.12. The molecule has 2 N–H and O–H groups in total. The number of amides is 1. The van der Waals surface area contributed by atoms with E-state index in [1.165, 1.54) is 0 Å². The molecule has 3 rings (SSSR count). The average molecular weight is 281 g/mol. The molecule has 1 aromatic carbocycles. The maximum atomic E-state index is 12.4. The van der Waals surface area contributed by atoms with E-state index in [4.69, 9.17) is 4.42 Å². The standard InChI is InChI=1S/C16H15N3O2/c1-17-15-9-13(12-6-2-3-7-14(12)19-15)16(20)18-10-11-5-4-8-21-11/h2-9H,10H2,1H3,(H,17,19)(H,18,20). The third-order valence-corrected chi connectivity index (χ3v) is 3.22. The summed E-state index contributed by atoms with van der Waals surface area (Å²) in [6, 6.07) is 12.9. The molecular weight excluding hydrogens is 266 g/mol. The number of benzene rings is 1. The SMILES string of the molecule is CNc1cc(C(=O)NCc2ccco2)c2ccccc2n1. The highest BCUT2D eigenvalue weighted by Crippen LogP contribution is 2.20. The van der Waals surface area contributed by atoms with Crippen LogP contribution in [0.2, 0.25) is 0 Å². The molecule has 5 heteroatoms. The molecule has 5 nitrogen and oxygen atoms in total. The largest absolute Gasteiger partial charge is 0.467 e. The summed E-state index contributed by atoms with van der Waals surface area (Å²) in [4.78, 5) is 16.9. The van der Waals surface area contributed by atoms with Gasteiger partial charge in [-0.15, -0.1) is 0 Å². The van der Waals surface area contributed by atoms with Crippen molar-refractivity contribution in [1.82, 2.24) is 10.3 Å². The Labute approximate surface area is 122 Å². The molecule has 0 aliphatic heterocycles. The fourth-order valence-electron chi connectivity index (χ4n) is 2.17. The first-order valence-corrected chi connectivity index (χ1v) is 6.66. The highest BCUT2D eigenvalue weighted by atomic mass is 16.3. The highest BCUT2D eigenvalue weighted by molar-refractivity contribution is 6.06. The summed E-state index contributed by atoms with van der Waals surface area (Å²) in [7, 11) is 1.78. The number of nitrogens with one attached hydrogen (secondary N) is 2. The number of hydrogen-bond donors (Lipinski definition) is 2. The predicted molar refractivity (Wildman–Crippen MR) is 81.2 cm³/mol. The number of nitrogens with zero attached hydrogens (tertiary/aromatic N) is 1. The summed E-state index contributed by atoms with van der Waals surface area (Å²) in [6.45, 7) is 0.359. The summed E-state index contributed by atoms with van der Waals surface area (Å²) in [5.41, 5.74) is 1.38. The van der Waals surface area contributed by atoms with Gasteiger partial charge >= 0.3 is 0 Å². The summed E-state index contributed by atoms with van der Waals surface area (Å²) >= 11 is 0. The monoisotopic (exact) mass is 281 g/mol. The van der Waals surface area contributed by atoms with Crippen molar-refractivity contribution >= 4 is 22.6 Å². The van der Waals surface area contributed by atoms with Crippen LogP contribution < -0.4 is 10.6 Å². The number of pyridine rings is 1. The first kappa shape index (κ1) is 13.2. The van der Waals surface area contributed by atoms with Crippen molar-refractivity contribution in [2.24, 2.45) is 0 Å². The maximum Gasteiger partial charge on any atom is 0.252 e. The summed E-state index contributed by atoms with van der Waals surface area (Å²) in [5, 5.41) is 6.66. The van der Waals surface area contributed by atoms with Crippen molar-refractivity contribution in [2.45, 2.75) is 6.54 Å². The van der Waals surface area contributed by atoms with Gasteiger partial charge in [-0.1, -0.05) is 18.2 Å². The van der Waals surface area contributed by atoms with Gasteiger partial charge in [-0.25, -0.2) is 4.98 Å². The van der Waals surface area contributed by atoms with E-state index in [0.717, 1.165) is 16.7 Å². The summed E-state index contributed by atoms with van der Waals surface area (Å²) < 4.78 is 5.21. The Morgan fingerprint density at radius 1 is 1.24 bits per heavy atom. The van der Waals surface area contributed by atoms with E-state index in [1.807, 2.05) is 30.3 Å². The van der Waals surface area contributed by atoms with E-state index in [9.17, 15) is 4.79 Å². The van der Waals surface area contributed by atoms with Gasteiger partial charge in [0.05, 0.1) is 23.9 Å². The molecule has 2 heterocycles. The van der Waals surface area contributed by atoms with Crippen LogP contribution in [0.15, 0.2) is 53.1 Å². The van der Waals surface area contributed by atoms with Gasteiger partial charge in [0.25, 0.3) is 5.91 Å². The van der Waals surface area contributed by atoms with Crippen LogP contribution in [-0.2, 0) is 6.54 Å². The second-order valence-corrected chi connectivity index (χ2v) is 4.58. The number of hydrogen-bond acceptors (Lipinski definition) is 4. The van der Waals surface area contributed by atoms with E-state index >= 15 is 0 Å². The second kappa shape index (κ2) is 5.66. The molecule has 0 unspecified atom stereocenters. The first-order chi connectivity index (χ1) is 10.3. The lowest BCUT2D eigenvalue weighted by atomic mass is 10.1. The zero-order valence-electron chi connectivity index (χ0n) is 11.6. The van der Waals surface area contributed by atoms with Crippen LogP contribution in [-0.4, -0.2) is 17.9 Å². The molecule has 0 saturated carbocycles. The van der Waals surface area contributed by atoms with Crippen LogP contribution in [0.25, 0.3) is 10.9 Å². The number of rotatable bonds is 4. The van der Waals surface area contributed by atoms with Crippen molar-refractivity contribution in [2.75, 3.05) is 12.4 Å². The molecule has 0 fully saturated rings. The molecule has 0 saturated heterocycles. The van der Waals surface area contributed by atoms with Gasteiger partial charge in [-0.3, -0.25) is 4.79 Å². The molecule has 0 atom stereocenters. The lowest BCUT2D eigenvalue weighted by Crippen LogP contribution is -2.23. The lowest BCUT2D eigenvalue weighted by Gasteiger charge is -2.09. The zero-order valence-corrected chi connectivity index (χ0v) is 11.6. The van der Waals surface area contributed by atoms with Crippen molar-refractivity contribution in [3.8, 4) is 0 Å². The van der Waals surface area contributed by atoms with E-state index in [1.54, 1.807) is 25.4 Å². The van der Waals surface area contributed by atoms with Crippen molar-refractivity contribution in [1.29, 1.82) is 0 Å². The third-order valence-electron chi connectivity index (χ3n) is 3.22. The first-order valence-electron chi connectivity index (χ1n) is 6.66. The minimum atomic E-state index is -0.151. The van der Waals surface area contributed by atoms with Crippen LogP contribution in [0, 0.1) is 0 Å².